The van der Waals surface area contributed by atoms with E-state index in [2.05, 4.69) is 16.0 Å². The number of phenolic OH excluding ortho intramolecular Hbond substituents is 2. The monoisotopic (exact) mass is 761 g/mol. The molecule has 0 bridgehead atoms. The maximum atomic E-state index is 13.9. The van der Waals surface area contributed by atoms with E-state index in [9.17, 15) is 44.4 Å². The highest BCUT2D eigenvalue weighted by atomic mass is 35.5. The van der Waals surface area contributed by atoms with Crippen LogP contribution in [0.5, 0.6) is 11.5 Å². The second-order valence-electron chi connectivity index (χ2n) is 13.9. The number of nitrogens with one attached hydrogen (secondary N) is 3. The van der Waals surface area contributed by atoms with Crippen LogP contribution in [0.25, 0.3) is 0 Å². The van der Waals surface area contributed by atoms with Gasteiger partial charge in [0.15, 0.2) is 0 Å². The minimum Gasteiger partial charge on any atom is -0.508 e. The summed E-state index contributed by atoms with van der Waals surface area (Å²) in [5.41, 5.74) is 7.16. The number of benzene rings is 2. The summed E-state index contributed by atoms with van der Waals surface area (Å²) in [7, 11) is 1.40. The first-order chi connectivity index (χ1) is 25.0. The van der Waals surface area contributed by atoms with Crippen molar-refractivity contribution in [1.29, 1.82) is 0 Å². The van der Waals surface area contributed by atoms with E-state index in [1.807, 2.05) is 13.8 Å². The molecule has 294 valence electrons. The van der Waals surface area contributed by atoms with Gasteiger partial charge in [0.05, 0.1) is 0 Å². The van der Waals surface area contributed by atoms with Crippen molar-refractivity contribution in [2.45, 2.75) is 115 Å². The highest BCUT2D eigenvalue weighted by Crippen LogP contribution is 2.17. The van der Waals surface area contributed by atoms with Crippen molar-refractivity contribution in [2.75, 3.05) is 12.9 Å². The number of aromatic hydroxyl groups is 2. The van der Waals surface area contributed by atoms with Crippen molar-refractivity contribution < 1.29 is 44.4 Å². The van der Waals surface area contributed by atoms with Crippen molar-refractivity contribution in [3.05, 3.63) is 59.7 Å². The van der Waals surface area contributed by atoms with Gasteiger partial charge in [-0.2, -0.15) is 0 Å². The predicted molar refractivity (Wildman–Crippen MR) is 201 cm³/mol. The number of likely N-dealkylation sites (N-methyl/N-ethyl adjacent to an activating group) is 1. The van der Waals surface area contributed by atoms with Gasteiger partial charge in [0.1, 0.15) is 41.8 Å². The Morgan fingerprint density at radius 1 is 0.736 bits per heavy atom. The van der Waals surface area contributed by atoms with Crippen molar-refractivity contribution >= 4 is 41.2 Å². The number of aliphatic carboxylic acids is 1. The third-order valence-electron chi connectivity index (χ3n) is 8.89. The number of carboxylic acids is 1. The summed E-state index contributed by atoms with van der Waals surface area (Å²) in [6.07, 6.45) is 3.35. The molecule has 2 rings (SSSR count). The van der Waals surface area contributed by atoms with Crippen LogP contribution in [0.1, 0.15) is 76.8 Å². The number of aliphatic hydroxyl groups is 1. The largest absolute Gasteiger partial charge is 0.508 e. The van der Waals surface area contributed by atoms with Crippen molar-refractivity contribution in [1.82, 2.24) is 20.9 Å². The molecule has 0 aliphatic heterocycles. The molecule has 4 amide bonds. The predicted octanol–water partition coefficient (Wildman–Crippen LogP) is 2.58. The number of halogens is 1. The number of nitrogens with two attached hydrogens (primary N) is 1. The Kier molecular flexibility index (Phi) is 19.1. The Labute approximate surface area is 316 Å². The third kappa shape index (κ3) is 15.6. The topological polar surface area (TPSA) is 232 Å². The standard InChI is InChI=1S/C38H56ClN5O9/c1-23(2)20-32(44(4)37(51)24(3)41-36(50)33(47)29(40)10-8-6-5-7-9-19-39)35(49)42-30(21-25-11-15-27(45)16-12-25)34(48)43-31(38(52)53)22-26-13-17-28(46)18-14-26/h11-18,23-24,29-33,45-47H,5-10,19-22,40H2,1-4H3,(H,41,50)(H,42,49)(H,43,48)(H,52,53)/t24-,29+,30-,31-,32+,33+/m1/s1. The molecule has 2 aromatic carbocycles. The van der Waals surface area contributed by atoms with E-state index >= 15 is 0 Å². The van der Waals surface area contributed by atoms with Crippen LogP contribution >= 0.6 is 11.6 Å². The van der Waals surface area contributed by atoms with Gasteiger partial charge < -0.3 is 47.0 Å². The first-order valence-corrected chi connectivity index (χ1v) is 18.5. The summed E-state index contributed by atoms with van der Waals surface area (Å²) in [5.74, 6) is -3.75. The van der Waals surface area contributed by atoms with Crippen molar-refractivity contribution in [3.63, 3.8) is 0 Å². The van der Waals surface area contributed by atoms with E-state index in [0.717, 1.165) is 32.1 Å². The Balaban J connectivity index is 2.20. The number of unbranched alkanes of at least 4 members (excludes halogenated alkanes) is 4. The lowest BCUT2D eigenvalue weighted by Gasteiger charge is -2.32. The first kappa shape index (κ1) is 44.8. The molecule has 0 heterocycles. The lowest BCUT2D eigenvalue weighted by Crippen LogP contribution is -2.59. The second-order valence-corrected chi connectivity index (χ2v) is 14.3. The Hall–Kier alpha value is -4.40. The van der Waals surface area contributed by atoms with Crippen LogP contribution in [0, 0.1) is 5.92 Å². The highest BCUT2D eigenvalue weighted by Gasteiger charge is 2.35. The molecule has 53 heavy (non-hydrogen) atoms. The average Bonchev–Trinajstić information content (AvgIpc) is 3.11. The van der Waals surface area contributed by atoms with Gasteiger partial charge in [0.2, 0.25) is 17.7 Å². The molecular formula is C38H56ClN5O9. The van der Waals surface area contributed by atoms with Gasteiger partial charge in [0, 0.05) is 31.8 Å². The maximum Gasteiger partial charge on any atom is 0.326 e. The molecule has 0 radical (unpaired) electrons. The fourth-order valence-electron chi connectivity index (χ4n) is 5.75. The molecular weight excluding hydrogens is 706 g/mol. The lowest BCUT2D eigenvalue weighted by atomic mass is 9.99. The number of hydrogen-bond donors (Lipinski definition) is 8. The minimum atomic E-state index is -1.55. The molecule has 2 aromatic rings. The summed E-state index contributed by atoms with van der Waals surface area (Å²) in [6.45, 7) is 5.12. The van der Waals surface area contributed by atoms with E-state index in [-0.39, 0.29) is 36.7 Å². The van der Waals surface area contributed by atoms with Gasteiger partial charge in [-0.1, -0.05) is 63.8 Å². The van der Waals surface area contributed by atoms with Crippen LogP contribution in [-0.4, -0.2) is 104 Å². The number of hydrogen-bond acceptors (Lipinski definition) is 9. The zero-order chi connectivity index (χ0) is 39.7. The van der Waals surface area contributed by atoms with Crippen LogP contribution in [0.15, 0.2) is 48.5 Å². The van der Waals surface area contributed by atoms with Crippen molar-refractivity contribution in [2.24, 2.45) is 11.7 Å². The summed E-state index contributed by atoms with van der Waals surface area (Å²) in [5, 5.41) is 47.5. The van der Waals surface area contributed by atoms with Crippen LogP contribution in [0.3, 0.4) is 0 Å². The van der Waals surface area contributed by atoms with E-state index in [0.29, 0.717) is 23.4 Å². The number of nitrogens with zero attached hydrogens (tertiary/aromatic N) is 1. The molecule has 0 spiro atoms. The van der Waals surface area contributed by atoms with Gasteiger partial charge in [0.25, 0.3) is 5.91 Å². The van der Waals surface area contributed by atoms with E-state index < -0.39 is 65.9 Å². The number of amides is 4. The van der Waals surface area contributed by atoms with E-state index in [4.69, 9.17) is 17.3 Å². The summed E-state index contributed by atoms with van der Waals surface area (Å²) >= 11 is 5.70. The zero-order valence-electron chi connectivity index (χ0n) is 31.0. The molecule has 0 aliphatic carbocycles. The Bertz CT molecular complexity index is 1480. The number of phenols is 2. The molecule has 9 N–H and O–H groups in total. The molecule has 0 saturated carbocycles. The highest BCUT2D eigenvalue weighted by molar-refractivity contribution is 6.17. The molecule has 15 heteroatoms. The summed E-state index contributed by atoms with van der Waals surface area (Å²) < 4.78 is 0. The SMILES string of the molecule is CC(C)C[C@@H](C(=O)N[C@H](Cc1ccc(O)cc1)C(=O)N[C@H](Cc1ccc(O)cc1)C(=O)O)N(C)C(=O)[C@@H](C)NC(=O)[C@@H](O)[C@@H](N)CCCCCCCCl. The first-order valence-electron chi connectivity index (χ1n) is 18.0. The number of alkyl halides is 1. The number of carboxylic acid groups (broad SMARTS) is 1. The number of aliphatic hydroxyl groups excluding tert-OH is 1. The number of carbonyl (C=O) groups excluding carboxylic acids is 4. The third-order valence-corrected chi connectivity index (χ3v) is 9.15. The zero-order valence-corrected chi connectivity index (χ0v) is 31.7. The number of carbonyl (C=O) groups is 5. The van der Waals surface area contributed by atoms with Gasteiger partial charge in [-0.15, -0.1) is 11.6 Å². The van der Waals surface area contributed by atoms with Gasteiger partial charge in [-0.25, -0.2) is 4.79 Å². The van der Waals surface area contributed by atoms with E-state index in [1.165, 1.54) is 55.3 Å². The normalized spacial score (nSPS) is 14.6. The smallest absolute Gasteiger partial charge is 0.326 e. The molecule has 14 nitrogen and oxygen atoms in total. The minimum absolute atomic E-state index is 0.00465. The quantitative estimate of drug-likeness (QED) is 0.0609. The van der Waals surface area contributed by atoms with Crippen molar-refractivity contribution in [3.8, 4) is 11.5 Å². The van der Waals surface area contributed by atoms with Gasteiger partial charge >= 0.3 is 5.97 Å². The molecule has 0 aliphatic rings. The molecule has 0 fully saturated rings. The molecule has 6 atom stereocenters. The van der Waals surface area contributed by atoms with E-state index in [1.54, 1.807) is 12.1 Å². The molecule has 0 saturated heterocycles. The Morgan fingerprint density at radius 2 is 1.23 bits per heavy atom. The second kappa shape index (κ2) is 22.6. The molecule has 0 aromatic heterocycles. The number of rotatable bonds is 23. The molecule has 0 unspecified atom stereocenters. The average molecular weight is 762 g/mol. The fourth-order valence-corrected chi connectivity index (χ4v) is 5.94. The summed E-state index contributed by atoms with van der Waals surface area (Å²) in [6, 6.07) is 6.05. The van der Waals surface area contributed by atoms with Crippen LogP contribution in [0.4, 0.5) is 0 Å². The summed E-state index contributed by atoms with van der Waals surface area (Å²) in [4.78, 5) is 67.4. The maximum absolute atomic E-state index is 13.9. The van der Waals surface area contributed by atoms with Crippen LogP contribution < -0.4 is 21.7 Å². The van der Waals surface area contributed by atoms with Crippen LogP contribution in [-0.2, 0) is 36.8 Å². The fraction of sp³-hybridized carbons (Fsp3) is 0.553. The van der Waals surface area contributed by atoms with Gasteiger partial charge in [-0.3, -0.25) is 19.2 Å². The van der Waals surface area contributed by atoms with Crippen LogP contribution in [0.2, 0.25) is 0 Å². The van der Waals surface area contributed by atoms with Gasteiger partial charge in [-0.05, 0) is 67.5 Å². The Morgan fingerprint density at radius 3 is 1.74 bits per heavy atom. The lowest BCUT2D eigenvalue weighted by molar-refractivity contribution is -0.144.